The van der Waals surface area contributed by atoms with Crippen LogP contribution in [-0.2, 0) is 5.54 Å². The summed E-state index contributed by atoms with van der Waals surface area (Å²) in [7, 11) is 0. The van der Waals surface area contributed by atoms with Crippen LogP contribution < -0.4 is 10.5 Å². The summed E-state index contributed by atoms with van der Waals surface area (Å²) in [6.07, 6.45) is 2.49. The van der Waals surface area contributed by atoms with Gasteiger partial charge in [0.1, 0.15) is 11.4 Å². The van der Waals surface area contributed by atoms with Gasteiger partial charge in [-0.05, 0) is 29.8 Å². The van der Waals surface area contributed by atoms with E-state index in [9.17, 15) is 0 Å². The molecule has 0 unspecified atom stereocenters. The quantitative estimate of drug-likeness (QED) is 0.881. The van der Waals surface area contributed by atoms with Crippen molar-refractivity contribution in [3.63, 3.8) is 0 Å². The lowest BCUT2D eigenvalue weighted by molar-refractivity contribution is 0.232. The van der Waals surface area contributed by atoms with E-state index in [1.54, 1.807) is 6.20 Å². The third-order valence-corrected chi connectivity index (χ3v) is 3.84. The molecule has 3 nitrogen and oxygen atoms in total. The molecule has 0 bridgehead atoms. The van der Waals surface area contributed by atoms with Crippen molar-refractivity contribution in [2.24, 2.45) is 5.73 Å². The summed E-state index contributed by atoms with van der Waals surface area (Å²) in [6.45, 7) is 0.616. The first-order valence-corrected chi connectivity index (χ1v) is 6.63. The first-order valence-electron chi connectivity index (χ1n) is 5.83. The van der Waals surface area contributed by atoms with E-state index in [-0.39, 0.29) is 0 Å². The maximum absolute atomic E-state index is 6.58. The van der Waals surface area contributed by atoms with Gasteiger partial charge in [-0.2, -0.15) is 0 Å². The van der Waals surface area contributed by atoms with Crippen LogP contribution in [0.25, 0.3) is 0 Å². The van der Waals surface area contributed by atoms with Crippen LogP contribution in [-0.4, -0.2) is 11.6 Å². The molecule has 0 aliphatic carbocycles. The molecular formula is C14H13BrN2O. The molecule has 4 heteroatoms. The topological polar surface area (TPSA) is 48.1 Å². The number of fused-ring (bicyclic) bond motifs is 1. The maximum atomic E-state index is 6.58. The molecule has 0 saturated carbocycles. The number of pyridine rings is 1. The van der Waals surface area contributed by atoms with Crippen molar-refractivity contribution in [2.45, 2.75) is 12.0 Å². The molecule has 2 N–H and O–H groups in total. The first-order chi connectivity index (χ1) is 8.70. The van der Waals surface area contributed by atoms with Crippen LogP contribution in [0.15, 0.2) is 47.1 Å². The predicted octanol–water partition coefficient (Wildman–Crippen LogP) is 2.83. The zero-order valence-corrected chi connectivity index (χ0v) is 11.4. The van der Waals surface area contributed by atoms with Crippen molar-refractivity contribution >= 4 is 15.9 Å². The van der Waals surface area contributed by atoms with E-state index in [1.165, 1.54) is 0 Å². The van der Waals surface area contributed by atoms with Crippen LogP contribution >= 0.6 is 15.9 Å². The molecule has 0 radical (unpaired) electrons. The Morgan fingerprint density at radius 1 is 1.22 bits per heavy atom. The van der Waals surface area contributed by atoms with Gasteiger partial charge >= 0.3 is 0 Å². The summed E-state index contributed by atoms with van der Waals surface area (Å²) >= 11 is 3.44. The van der Waals surface area contributed by atoms with Crippen molar-refractivity contribution in [1.82, 2.24) is 4.98 Å². The first kappa shape index (κ1) is 11.7. The number of ether oxygens (including phenoxy) is 1. The van der Waals surface area contributed by atoms with Gasteiger partial charge in [-0.15, -0.1) is 0 Å². The second-order valence-corrected chi connectivity index (χ2v) is 5.34. The highest BCUT2D eigenvalue weighted by atomic mass is 79.9. The van der Waals surface area contributed by atoms with Gasteiger partial charge in [0, 0.05) is 17.1 Å². The maximum Gasteiger partial charge on any atom is 0.143 e. The third kappa shape index (κ3) is 1.82. The smallest absolute Gasteiger partial charge is 0.143 e. The van der Waals surface area contributed by atoms with Gasteiger partial charge in [-0.25, -0.2) is 0 Å². The second-order valence-electron chi connectivity index (χ2n) is 4.43. The minimum atomic E-state index is -0.560. The van der Waals surface area contributed by atoms with Crippen molar-refractivity contribution < 1.29 is 4.74 Å². The Kier molecular flexibility index (Phi) is 2.84. The number of halogens is 1. The van der Waals surface area contributed by atoms with Crippen LogP contribution in [0.2, 0.25) is 0 Å². The Balaban J connectivity index is 2.13. The summed E-state index contributed by atoms with van der Waals surface area (Å²) in [5, 5.41) is 0. The molecular weight excluding hydrogens is 292 g/mol. The summed E-state index contributed by atoms with van der Waals surface area (Å²) in [4.78, 5) is 4.41. The number of nitrogens with zero attached hydrogens (tertiary/aromatic N) is 1. The van der Waals surface area contributed by atoms with E-state index in [4.69, 9.17) is 10.5 Å². The van der Waals surface area contributed by atoms with Crippen molar-refractivity contribution in [1.29, 1.82) is 0 Å². The fourth-order valence-electron chi connectivity index (χ4n) is 2.31. The van der Waals surface area contributed by atoms with Gasteiger partial charge in [-0.1, -0.05) is 28.1 Å². The van der Waals surface area contributed by atoms with Crippen LogP contribution in [0.4, 0.5) is 0 Å². The van der Waals surface area contributed by atoms with E-state index in [2.05, 4.69) is 20.9 Å². The molecule has 0 amide bonds. The molecule has 3 rings (SSSR count). The second kappa shape index (κ2) is 4.37. The Labute approximate surface area is 114 Å². The van der Waals surface area contributed by atoms with Crippen LogP contribution in [0.5, 0.6) is 5.75 Å². The molecule has 0 fully saturated rings. The average molecular weight is 305 g/mol. The van der Waals surface area contributed by atoms with Gasteiger partial charge < -0.3 is 10.5 Å². The van der Waals surface area contributed by atoms with Gasteiger partial charge in [0.25, 0.3) is 0 Å². The van der Waals surface area contributed by atoms with Gasteiger partial charge in [-0.3, -0.25) is 4.98 Å². The number of benzene rings is 1. The van der Waals surface area contributed by atoms with Crippen molar-refractivity contribution in [3.8, 4) is 5.75 Å². The van der Waals surface area contributed by atoms with Crippen LogP contribution in [0.1, 0.15) is 17.7 Å². The molecule has 1 aromatic carbocycles. The molecule has 1 atom stereocenters. The Morgan fingerprint density at radius 3 is 2.78 bits per heavy atom. The minimum Gasteiger partial charge on any atom is -0.491 e. The molecule has 18 heavy (non-hydrogen) atoms. The molecule has 0 saturated heterocycles. The SMILES string of the molecule is N[C@]1(c2ccc(Br)cc2)CCOc2cccnc21. The highest BCUT2D eigenvalue weighted by Crippen LogP contribution is 2.38. The highest BCUT2D eigenvalue weighted by Gasteiger charge is 2.36. The Hall–Kier alpha value is -1.39. The molecule has 2 aromatic rings. The molecule has 92 valence electrons. The van der Waals surface area contributed by atoms with E-state index >= 15 is 0 Å². The summed E-state index contributed by atoms with van der Waals surface area (Å²) in [5.74, 6) is 0.786. The predicted molar refractivity (Wildman–Crippen MR) is 73.5 cm³/mol. The number of hydrogen-bond donors (Lipinski definition) is 1. The summed E-state index contributed by atoms with van der Waals surface area (Å²) < 4.78 is 6.66. The molecule has 0 spiro atoms. The van der Waals surface area contributed by atoms with E-state index < -0.39 is 5.54 Å². The fraction of sp³-hybridized carbons (Fsp3) is 0.214. The lowest BCUT2D eigenvalue weighted by atomic mass is 9.83. The fourth-order valence-corrected chi connectivity index (χ4v) is 2.58. The number of nitrogens with two attached hydrogens (primary N) is 1. The van der Waals surface area contributed by atoms with E-state index in [0.29, 0.717) is 6.61 Å². The monoisotopic (exact) mass is 304 g/mol. The lowest BCUT2D eigenvalue weighted by Crippen LogP contribution is -2.43. The standard InChI is InChI=1S/C14H13BrN2O/c15-11-5-3-10(4-6-11)14(16)7-9-18-12-2-1-8-17-13(12)14/h1-6,8H,7,9,16H2/t14-/m0/s1. The van der Waals surface area contributed by atoms with Crippen molar-refractivity contribution in [3.05, 3.63) is 58.3 Å². The zero-order chi connectivity index (χ0) is 12.6. The van der Waals surface area contributed by atoms with Crippen LogP contribution in [0, 0.1) is 0 Å². The van der Waals surface area contributed by atoms with Gasteiger partial charge in [0.2, 0.25) is 0 Å². The highest BCUT2D eigenvalue weighted by molar-refractivity contribution is 9.10. The minimum absolute atomic E-state index is 0.560. The molecule has 1 aliphatic heterocycles. The summed E-state index contributed by atoms with van der Waals surface area (Å²) in [5.41, 5.74) is 7.91. The normalized spacial score (nSPS) is 22.1. The summed E-state index contributed by atoms with van der Waals surface area (Å²) in [6, 6.07) is 11.9. The van der Waals surface area contributed by atoms with Crippen molar-refractivity contribution in [2.75, 3.05) is 6.61 Å². The third-order valence-electron chi connectivity index (χ3n) is 3.31. The number of rotatable bonds is 1. The molecule has 1 aromatic heterocycles. The van der Waals surface area contributed by atoms with E-state index in [0.717, 1.165) is 27.9 Å². The van der Waals surface area contributed by atoms with E-state index in [1.807, 2.05) is 36.4 Å². The number of aromatic nitrogens is 1. The Bertz CT molecular complexity index is 570. The van der Waals surface area contributed by atoms with Gasteiger partial charge in [0.05, 0.1) is 12.1 Å². The largest absolute Gasteiger partial charge is 0.491 e. The Morgan fingerprint density at radius 2 is 2.00 bits per heavy atom. The lowest BCUT2D eigenvalue weighted by Gasteiger charge is -2.34. The average Bonchev–Trinajstić information content (AvgIpc) is 2.40. The molecule has 2 heterocycles. The number of hydrogen-bond acceptors (Lipinski definition) is 3. The van der Waals surface area contributed by atoms with Gasteiger partial charge in [0.15, 0.2) is 0 Å². The van der Waals surface area contributed by atoms with Crippen LogP contribution in [0.3, 0.4) is 0 Å². The molecule has 1 aliphatic rings. The zero-order valence-electron chi connectivity index (χ0n) is 9.77.